The molecule has 152 valence electrons. The molecular formula is C19H28BN3O5. The molecule has 3 unspecified atom stereocenters. The molecule has 1 aromatic rings. The van der Waals surface area contributed by atoms with E-state index in [0.717, 1.165) is 32.4 Å². The molecule has 3 rings (SSSR count). The second-order valence-electron chi connectivity index (χ2n) is 7.73. The van der Waals surface area contributed by atoms with Gasteiger partial charge in [0.05, 0.1) is 11.5 Å². The summed E-state index contributed by atoms with van der Waals surface area (Å²) in [5, 5.41) is 25.7. The molecule has 1 aromatic carbocycles. The van der Waals surface area contributed by atoms with E-state index in [1.165, 1.54) is 6.07 Å². The predicted molar refractivity (Wildman–Crippen MR) is 105 cm³/mol. The minimum Gasteiger partial charge on any atom is -0.534 e. The number of para-hydroxylation sites is 1. The van der Waals surface area contributed by atoms with Crippen LogP contribution in [0.4, 0.5) is 0 Å². The summed E-state index contributed by atoms with van der Waals surface area (Å²) in [5.74, 6) is -0.704. The first kappa shape index (κ1) is 20.6. The molecule has 28 heavy (non-hydrogen) atoms. The van der Waals surface area contributed by atoms with Gasteiger partial charge in [0, 0.05) is 19.5 Å². The lowest BCUT2D eigenvalue weighted by Crippen LogP contribution is -2.53. The van der Waals surface area contributed by atoms with Crippen molar-refractivity contribution in [1.82, 2.24) is 10.6 Å². The van der Waals surface area contributed by atoms with Crippen molar-refractivity contribution in [3.8, 4) is 5.75 Å². The summed E-state index contributed by atoms with van der Waals surface area (Å²) in [6.07, 6.45) is 3.91. The van der Waals surface area contributed by atoms with Crippen molar-refractivity contribution >= 4 is 19.0 Å². The third-order valence-electron chi connectivity index (χ3n) is 5.57. The number of amides is 1. The highest BCUT2D eigenvalue weighted by Gasteiger charge is 2.38. The average Bonchev–Trinajstić information content (AvgIpc) is 3.09. The first-order valence-electron chi connectivity index (χ1n) is 9.88. The monoisotopic (exact) mass is 389 g/mol. The van der Waals surface area contributed by atoms with Gasteiger partial charge in [-0.15, -0.1) is 0 Å². The summed E-state index contributed by atoms with van der Waals surface area (Å²) in [4.78, 5) is 23.8. The van der Waals surface area contributed by atoms with Crippen LogP contribution in [0.15, 0.2) is 18.2 Å². The van der Waals surface area contributed by atoms with Gasteiger partial charge in [0.15, 0.2) is 0 Å². The number of carbonyl (C=O) groups is 2. The molecule has 1 saturated carbocycles. The summed E-state index contributed by atoms with van der Waals surface area (Å²) < 4.78 is 5.42. The fraction of sp³-hybridized carbons (Fsp3) is 0.579. The second-order valence-corrected chi connectivity index (χ2v) is 7.73. The quantitative estimate of drug-likeness (QED) is 0.316. The lowest BCUT2D eigenvalue weighted by molar-refractivity contribution is -0.122. The number of nitrogens with two attached hydrogens (primary N) is 1. The maximum Gasteiger partial charge on any atom is 0.547 e. The maximum atomic E-state index is 12.5. The van der Waals surface area contributed by atoms with E-state index in [1.54, 1.807) is 12.1 Å². The van der Waals surface area contributed by atoms with Crippen molar-refractivity contribution in [2.45, 2.75) is 38.0 Å². The zero-order valence-corrected chi connectivity index (χ0v) is 15.9. The molecular weight excluding hydrogens is 361 g/mol. The Kier molecular flexibility index (Phi) is 6.93. The van der Waals surface area contributed by atoms with Crippen molar-refractivity contribution in [1.29, 1.82) is 0 Å². The minimum atomic E-state index is -1.27. The van der Waals surface area contributed by atoms with E-state index in [1.807, 2.05) is 0 Å². The Balaban J connectivity index is 1.51. The number of nitrogens with one attached hydrogen (secondary N) is 2. The van der Waals surface area contributed by atoms with E-state index in [4.69, 9.17) is 10.4 Å². The van der Waals surface area contributed by atoms with E-state index in [9.17, 15) is 19.7 Å². The molecule has 2 aliphatic rings. The lowest BCUT2D eigenvalue weighted by atomic mass is 9.72. The van der Waals surface area contributed by atoms with Gasteiger partial charge >= 0.3 is 13.1 Å². The van der Waals surface area contributed by atoms with Crippen LogP contribution in [0.25, 0.3) is 0 Å². The molecule has 1 aliphatic carbocycles. The fourth-order valence-corrected chi connectivity index (χ4v) is 4.20. The predicted octanol–water partition coefficient (Wildman–Crippen LogP) is 0.179. The minimum absolute atomic E-state index is 0.0153. The van der Waals surface area contributed by atoms with Crippen LogP contribution in [0.2, 0.25) is 0 Å². The normalized spacial score (nSPS) is 23.8. The summed E-state index contributed by atoms with van der Waals surface area (Å²) in [6.45, 7) is 2.38. The summed E-state index contributed by atoms with van der Waals surface area (Å²) >= 11 is 0. The number of benzene rings is 1. The Morgan fingerprint density at radius 1 is 1.29 bits per heavy atom. The number of rotatable bonds is 8. The van der Waals surface area contributed by atoms with Crippen molar-refractivity contribution in [2.75, 3.05) is 19.6 Å². The van der Waals surface area contributed by atoms with E-state index < -0.39 is 19.0 Å². The highest BCUT2D eigenvalue weighted by atomic mass is 16.5. The Morgan fingerprint density at radius 3 is 2.82 bits per heavy atom. The van der Waals surface area contributed by atoms with Crippen LogP contribution in [0, 0.1) is 11.8 Å². The smallest absolute Gasteiger partial charge is 0.534 e. The molecule has 1 fully saturated rings. The van der Waals surface area contributed by atoms with Gasteiger partial charge in [0.1, 0.15) is 5.75 Å². The van der Waals surface area contributed by atoms with E-state index in [0.29, 0.717) is 36.8 Å². The Labute approximate surface area is 165 Å². The molecule has 0 radical (unpaired) electrons. The largest absolute Gasteiger partial charge is 0.547 e. The number of fused-ring (bicyclic) bond motifs is 1. The maximum absolute atomic E-state index is 12.5. The van der Waals surface area contributed by atoms with Crippen LogP contribution in [0.3, 0.4) is 0 Å². The van der Waals surface area contributed by atoms with Crippen molar-refractivity contribution in [3.63, 3.8) is 0 Å². The average molecular weight is 389 g/mol. The summed E-state index contributed by atoms with van der Waals surface area (Å²) in [5.41, 5.74) is 6.17. The first-order chi connectivity index (χ1) is 13.5. The number of aromatic carboxylic acids is 1. The van der Waals surface area contributed by atoms with Gasteiger partial charge in [-0.2, -0.15) is 0 Å². The fourth-order valence-electron chi connectivity index (χ4n) is 4.20. The van der Waals surface area contributed by atoms with E-state index >= 15 is 0 Å². The van der Waals surface area contributed by atoms with Gasteiger partial charge in [-0.25, -0.2) is 4.79 Å². The van der Waals surface area contributed by atoms with Crippen LogP contribution in [0.5, 0.6) is 5.75 Å². The molecule has 0 saturated heterocycles. The number of hydrogen-bond acceptors (Lipinski definition) is 6. The van der Waals surface area contributed by atoms with Crippen LogP contribution in [0.1, 0.15) is 41.6 Å². The number of hydrogen-bond donors (Lipinski definition) is 5. The van der Waals surface area contributed by atoms with Crippen molar-refractivity contribution in [3.05, 3.63) is 29.3 Å². The van der Waals surface area contributed by atoms with Gasteiger partial charge in [0.25, 0.3) is 0 Å². The third kappa shape index (κ3) is 5.04. The Morgan fingerprint density at radius 2 is 2.07 bits per heavy atom. The zero-order chi connectivity index (χ0) is 20.1. The Bertz CT molecular complexity index is 717. The molecule has 8 nitrogen and oxygen atoms in total. The van der Waals surface area contributed by atoms with Crippen molar-refractivity contribution in [2.24, 2.45) is 17.6 Å². The number of carboxylic acids is 1. The lowest BCUT2D eigenvalue weighted by Gasteiger charge is -2.29. The topological polar surface area (TPSA) is 134 Å². The molecule has 1 aliphatic heterocycles. The highest BCUT2D eigenvalue weighted by Crippen LogP contribution is 2.33. The molecule has 1 heterocycles. The number of carbonyl (C=O) groups excluding carboxylic acids is 1. The van der Waals surface area contributed by atoms with Gasteiger partial charge in [-0.3, -0.25) is 4.79 Å². The van der Waals surface area contributed by atoms with Crippen LogP contribution >= 0.6 is 0 Å². The van der Waals surface area contributed by atoms with Crippen LogP contribution in [-0.4, -0.2) is 54.7 Å². The molecule has 3 atom stereocenters. The second kappa shape index (κ2) is 9.40. The van der Waals surface area contributed by atoms with Gasteiger partial charge < -0.3 is 31.2 Å². The summed E-state index contributed by atoms with van der Waals surface area (Å²) in [6, 6.07) is 4.83. The molecule has 0 spiro atoms. The molecule has 6 N–H and O–H groups in total. The van der Waals surface area contributed by atoms with Gasteiger partial charge in [0.2, 0.25) is 5.91 Å². The zero-order valence-electron chi connectivity index (χ0n) is 15.9. The highest BCUT2D eigenvalue weighted by molar-refractivity contribution is 6.47. The molecule has 0 bridgehead atoms. The van der Waals surface area contributed by atoms with E-state index in [-0.39, 0.29) is 17.2 Å². The molecule has 0 aromatic heterocycles. The molecule has 1 amide bonds. The van der Waals surface area contributed by atoms with Gasteiger partial charge in [-0.1, -0.05) is 12.1 Å². The third-order valence-corrected chi connectivity index (χ3v) is 5.57. The Hall–Kier alpha value is -2.10. The standard InChI is InChI=1S/C19H28BN3O5/c21-6-7-22-11-13-5-4-12(8-13)9-17(24)23-16-10-14-2-1-3-15(19(25)26)18(14)28-20(16)27/h1-3,12-13,16,22,27H,4-11,21H2,(H,23,24)(H,25,26). The van der Waals surface area contributed by atoms with E-state index in [2.05, 4.69) is 10.6 Å². The first-order valence-corrected chi connectivity index (χ1v) is 9.88. The SMILES string of the molecule is NCCNCC1CCC(CC(=O)NC2Cc3cccc(C(=O)O)c3OB2O)C1. The van der Waals surface area contributed by atoms with Crippen LogP contribution < -0.4 is 21.0 Å². The molecule has 9 heteroatoms. The van der Waals surface area contributed by atoms with Gasteiger partial charge in [-0.05, 0) is 55.7 Å². The number of carboxylic acid groups (broad SMARTS) is 1. The van der Waals surface area contributed by atoms with Crippen molar-refractivity contribution < 1.29 is 24.4 Å². The summed E-state index contributed by atoms with van der Waals surface area (Å²) in [7, 11) is -1.27. The van der Waals surface area contributed by atoms with Crippen LogP contribution in [-0.2, 0) is 11.2 Å².